The number of aromatic nitrogens is 1. The first-order chi connectivity index (χ1) is 13.0. The van der Waals surface area contributed by atoms with Crippen LogP contribution in [0.25, 0.3) is 5.76 Å². The second-order valence-electron chi connectivity index (χ2n) is 6.17. The van der Waals surface area contributed by atoms with Gasteiger partial charge < -0.3 is 9.47 Å². The summed E-state index contributed by atoms with van der Waals surface area (Å²) in [4.78, 5) is 18.0. The molecule has 0 bridgehead atoms. The highest BCUT2D eigenvalue weighted by Gasteiger charge is 2.21. The molecule has 2 aromatic rings. The molecular formula is C21H27NO3S2. The van der Waals surface area contributed by atoms with Crippen LogP contribution in [0.4, 0.5) is 0 Å². The number of carbonyl (C=O) groups excluding carboxylic acids is 1. The molecule has 0 N–H and O–H groups in total. The van der Waals surface area contributed by atoms with E-state index >= 15 is 0 Å². The molecule has 0 fully saturated rings. The summed E-state index contributed by atoms with van der Waals surface area (Å²) < 4.78 is 10.8. The van der Waals surface area contributed by atoms with Gasteiger partial charge in [-0.05, 0) is 43.4 Å². The van der Waals surface area contributed by atoms with Gasteiger partial charge in [0.25, 0.3) is 0 Å². The molecule has 0 saturated carbocycles. The van der Waals surface area contributed by atoms with Crippen LogP contribution in [-0.4, -0.2) is 29.7 Å². The summed E-state index contributed by atoms with van der Waals surface area (Å²) in [6, 6.07) is 7.92. The number of carbonyl (C=O) groups is 1. The molecule has 1 aromatic carbocycles. The van der Waals surface area contributed by atoms with Crippen molar-refractivity contribution in [2.24, 2.45) is 0 Å². The van der Waals surface area contributed by atoms with Crippen molar-refractivity contribution in [2.75, 3.05) is 12.9 Å². The number of benzene rings is 1. The SMILES string of the molecule is C=C(OC)c1csc(C(=O)C(C)Oc2ccc(SCCCCCC)cc2)n1. The van der Waals surface area contributed by atoms with E-state index in [1.54, 1.807) is 12.3 Å². The van der Waals surface area contributed by atoms with E-state index in [1.165, 1.54) is 49.0 Å². The average molecular weight is 406 g/mol. The van der Waals surface area contributed by atoms with Crippen molar-refractivity contribution >= 4 is 34.6 Å². The predicted molar refractivity (Wildman–Crippen MR) is 114 cm³/mol. The summed E-state index contributed by atoms with van der Waals surface area (Å²) in [5, 5.41) is 2.16. The number of methoxy groups -OCH3 is 1. The highest BCUT2D eigenvalue weighted by Crippen LogP contribution is 2.24. The quantitative estimate of drug-likeness (QED) is 0.185. The van der Waals surface area contributed by atoms with Crippen LogP contribution in [0, 0.1) is 0 Å². The van der Waals surface area contributed by atoms with Crippen LogP contribution in [0.1, 0.15) is 55.0 Å². The lowest BCUT2D eigenvalue weighted by Gasteiger charge is -2.12. The number of hydrogen-bond donors (Lipinski definition) is 0. The second kappa shape index (κ2) is 11.1. The number of thiazole rings is 1. The topological polar surface area (TPSA) is 48.4 Å². The fraction of sp³-hybridized carbons (Fsp3) is 0.429. The van der Waals surface area contributed by atoms with E-state index in [9.17, 15) is 4.79 Å². The summed E-state index contributed by atoms with van der Waals surface area (Å²) in [5.41, 5.74) is 0.582. The van der Waals surface area contributed by atoms with Gasteiger partial charge in [0.15, 0.2) is 11.1 Å². The van der Waals surface area contributed by atoms with E-state index in [1.807, 2.05) is 36.0 Å². The van der Waals surface area contributed by atoms with Crippen LogP contribution in [0.2, 0.25) is 0 Å². The highest BCUT2D eigenvalue weighted by atomic mass is 32.2. The van der Waals surface area contributed by atoms with Crippen LogP contribution in [0.5, 0.6) is 5.75 Å². The molecule has 0 aliphatic rings. The van der Waals surface area contributed by atoms with E-state index in [2.05, 4.69) is 18.5 Å². The number of ketones is 1. The fourth-order valence-corrected chi connectivity index (χ4v) is 4.14. The van der Waals surface area contributed by atoms with Crippen LogP contribution >= 0.6 is 23.1 Å². The van der Waals surface area contributed by atoms with Gasteiger partial charge in [-0.1, -0.05) is 32.8 Å². The van der Waals surface area contributed by atoms with E-state index < -0.39 is 6.10 Å². The van der Waals surface area contributed by atoms with Crippen molar-refractivity contribution in [3.05, 3.63) is 46.9 Å². The first-order valence-electron chi connectivity index (χ1n) is 9.17. The molecule has 0 spiro atoms. The Bertz CT molecular complexity index is 740. The van der Waals surface area contributed by atoms with Gasteiger partial charge in [0.1, 0.15) is 17.2 Å². The Kier molecular flexibility index (Phi) is 8.88. The van der Waals surface area contributed by atoms with Gasteiger partial charge >= 0.3 is 0 Å². The van der Waals surface area contributed by atoms with E-state index in [0.29, 0.717) is 22.2 Å². The Morgan fingerprint density at radius 1 is 1.26 bits per heavy atom. The van der Waals surface area contributed by atoms with Crippen LogP contribution in [0.3, 0.4) is 0 Å². The lowest BCUT2D eigenvalue weighted by molar-refractivity contribution is 0.0817. The lowest BCUT2D eigenvalue weighted by atomic mass is 10.2. The zero-order chi connectivity index (χ0) is 19.6. The van der Waals surface area contributed by atoms with Gasteiger partial charge in [0.2, 0.25) is 5.78 Å². The van der Waals surface area contributed by atoms with Crippen molar-refractivity contribution in [3.8, 4) is 5.75 Å². The molecule has 27 heavy (non-hydrogen) atoms. The third-order valence-electron chi connectivity index (χ3n) is 4.02. The molecule has 6 heteroatoms. The Morgan fingerprint density at radius 3 is 2.67 bits per heavy atom. The Morgan fingerprint density at radius 2 is 2.00 bits per heavy atom. The summed E-state index contributed by atoms with van der Waals surface area (Å²) in [5.74, 6) is 2.12. The molecule has 1 aromatic heterocycles. The minimum absolute atomic E-state index is 0.149. The number of thioether (sulfide) groups is 1. The Balaban J connectivity index is 1.85. The standard InChI is InChI=1S/C21H27NO3S2/c1-5-6-7-8-13-26-18-11-9-17(10-12-18)25-16(3)20(23)21-22-19(14-27-21)15(2)24-4/h9-12,14,16H,2,5-8,13H2,1,3-4H3. The molecule has 0 amide bonds. The van der Waals surface area contributed by atoms with Crippen LogP contribution in [0.15, 0.2) is 41.1 Å². The molecule has 1 unspecified atom stereocenters. The van der Waals surface area contributed by atoms with Crippen molar-refractivity contribution < 1.29 is 14.3 Å². The van der Waals surface area contributed by atoms with Gasteiger partial charge in [-0.3, -0.25) is 4.79 Å². The summed E-state index contributed by atoms with van der Waals surface area (Å²) in [7, 11) is 1.53. The molecule has 0 radical (unpaired) electrons. The fourth-order valence-electron chi connectivity index (χ4n) is 2.38. The van der Waals surface area contributed by atoms with E-state index in [4.69, 9.17) is 9.47 Å². The maximum atomic E-state index is 12.5. The molecule has 1 heterocycles. The summed E-state index contributed by atoms with van der Waals surface area (Å²) in [6.07, 6.45) is 4.50. The van der Waals surface area contributed by atoms with Gasteiger partial charge in [-0.25, -0.2) is 4.98 Å². The van der Waals surface area contributed by atoms with E-state index in [0.717, 1.165) is 5.75 Å². The minimum Gasteiger partial charge on any atom is -0.495 e. The maximum Gasteiger partial charge on any atom is 0.231 e. The van der Waals surface area contributed by atoms with Crippen LogP contribution in [-0.2, 0) is 4.74 Å². The van der Waals surface area contributed by atoms with Gasteiger partial charge in [0.05, 0.1) is 7.11 Å². The molecule has 0 aliphatic heterocycles. The zero-order valence-electron chi connectivity index (χ0n) is 16.2. The third kappa shape index (κ3) is 6.70. The lowest BCUT2D eigenvalue weighted by Crippen LogP contribution is -2.23. The molecule has 146 valence electrons. The van der Waals surface area contributed by atoms with Crippen molar-refractivity contribution in [2.45, 2.75) is 50.5 Å². The summed E-state index contributed by atoms with van der Waals surface area (Å²) >= 11 is 3.13. The van der Waals surface area contributed by atoms with Crippen molar-refractivity contribution in [1.29, 1.82) is 0 Å². The molecule has 0 saturated heterocycles. The number of hydrogen-bond acceptors (Lipinski definition) is 6. The van der Waals surface area contributed by atoms with E-state index in [-0.39, 0.29) is 5.78 Å². The number of nitrogens with zero attached hydrogens (tertiary/aromatic N) is 1. The third-order valence-corrected chi connectivity index (χ3v) is 5.97. The summed E-state index contributed by atoms with van der Waals surface area (Å²) in [6.45, 7) is 7.71. The normalized spacial score (nSPS) is 11.8. The average Bonchev–Trinajstić information content (AvgIpc) is 3.18. The van der Waals surface area contributed by atoms with Gasteiger partial charge in [-0.15, -0.1) is 23.1 Å². The van der Waals surface area contributed by atoms with Gasteiger partial charge in [-0.2, -0.15) is 0 Å². The van der Waals surface area contributed by atoms with Gasteiger partial charge in [0, 0.05) is 10.3 Å². The molecule has 4 nitrogen and oxygen atoms in total. The molecule has 0 aliphatic carbocycles. The van der Waals surface area contributed by atoms with Crippen molar-refractivity contribution in [3.63, 3.8) is 0 Å². The highest BCUT2D eigenvalue weighted by molar-refractivity contribution is 7.99. The zero-order valence-corrected chi connectivity index (χ0v) is 17.8. The smallest absolute Gasteiger partial charge is 0.231 e. The maximum absolute atomic E-state index is 12.5. The number of ether oxygens (including phenoxy) is 2. The Labute approximate surface area is 170 Å². The largest absolute Gasteiger partial charge is 0.495 e. The number of rotatable bonds is 12. The second-order valence-corrected chi connectivity index (χ2v) is 8.20. The first kappa shape index (κ1) is 21.5. The first-order valence-corrected chi connectivity index (χ1v) is 11.0. The monoisotopic (exact) mass is 405 g/mol. The minimum atomic E-state index is -0.604. The van der Waals surface area contributed by atoms with Crippen molar-refractivity contribution in [1.82, 2.24) is 4.98 Å². The molecular weight excluding hydrogens is 378 g/mol. The number of unbranched alkanes of at least 4 members (excludes halogenated alkanes) is 3. The Hall–Kier alpha value is -1.79. The molecule has 1 atom stereocenters. The predicted octanol–water partition coefficient (Wildman–Crippen LogP) is 6.08. The number of Topliss-reactive ketones (excluding diaryl/α,β-unsaturated/α-hetero) is 1. The molecule has 2 rings (SSSR count). The van der Waals surface area contributed by atoms with Crippen LogP contribution < -0.4 is 4.74 Å².